The molecule has 2 atom stereocenters. The molecule has 0 heterocycles. The molecular weight excluding hydrogens is 229 g/mol. The van der Waals surface area contributed by atoms with E-state index in [1.54, 1.807) is 6.07 Å². The Hall–Kier alpha value is -1.60. The van der Waals surface area contributed by atoms with Crippen molar-refractivity contribution in [3.05, 3.63) is 29.6 Å². The van der Waals surface area contributed by atoms with Crippen LogP contribution in [0.5, 0.6) is 0 Å². The van der Waals surface area contributed by atoms with E-state index in [4.69, 9.17) is 11.0 Å². The molecule has 0 aromatic heterocycles. The molecule has 1 aromatic carbocycles. The summed E-state index contributed by atoms with van der Waals surface area (Å²) in [5, 5.41) is 8.89. The fourth-order valence-corrected chi connectivity index (χ4v) is 1.95. The Morgan fingerprint density at radius 3 is 2.61 bits per heavy atom. The average molecular weight is 249 g/mol. The number of benzene rings is 1. The van der Waals surface area contributed by atoms with Crippen LogP contribution in [0.2, 0.25) is 0 Å². The van der Waals surface area contributed by atoms with Gasteiger partial charge < -0.3 is 10.6 Å². The van der Waals surface area contributed by atoms with Crippen LogP contribution in [0.25, 0.3) is 0 Å². The van der Waals surface area contributed by atoms with Gasteiger partial charge >= 0.3 is 0 Å². The summed E-state index contributed by atoms with van der Waals surface area (Å²) in [5.41, 5.74) is 7.57. The second kappa shape index (κ2) is 6.36. The Bertz CT molecular complexity index is 437. The Balaban J connectivity index is 3.09. The van der Waals surface area contributed by atoms with Crippen LogP contribution in [0.4, 0.5) is 10.1 Å². The molecule has 0 aliphatic rings. The van der Waals surface area contributed by atoms with Crippen LogP contribution >= 0.6 is 0 Å². The number of rotatable bonds is 5. The van der Waals surface area contributed by atoms with E-state index in [1.165, 1.54) is 12.1 Å². The van der Waals surface area contributed by atoms with Crippen molar-refractivity contribution in [2.75, 3.05) is 18.0 Å². The van der Waals surface area contributed by atoms with Crippen LogP contribution in [0.15, 0.2) is 18.2 Å². The van der Waals surface area contributed by atoms with Crippen molar-refractivity contribution in [2.24, 2.45) is 11.7 Å². The first-order chi connectivity index (χ1) is 8.49. The van der Waals surface area contributed by atoms with E-state index < -0.39 is 0 Å². The van der Waals surface area contributed by atoms with E-state index in [2.05, 4.69) is 11.0 Å². The Morgan fingerprint density at radius 1 is 1.44 bits per heavy atom. The molecular formula is C14H20FN3. The predicted octanol–water partition coefficient (Wildman–Crippen LogP) is 2.83. The van der Waals surface area contributed by atoms with Gasteiger partial charge in [0.1, 0.15) is 5.82 Å². The highest BCUT2D eigenvalue weighted by atomic mass is 19.1. The van der Waals surface area contributed by atoms with Gasteiger partial charge in [0.2, 0.25) is 0 Å². The van der Waals surface area contributed by atoms with Gasteiger partial charge in [-0.15, -0.1) is 0 Å². The van der Waals surface area contributed by atoms with Gasteiger partial charge in [-0.1, -0.05) is 0 Å². The lowest BCUT2D eigenvalue weighted by Gasteiger charge is -2.27. The molecule has 0 spiro atoms. The van der Waals surface area contributed by atoms with E-state index in [0.717, 1.165) is 17.8 Å². The number of hydrogen-bond donors (Lipinski definition) is 1. The Labute approximate surface area is 108 Å². The summed E-state index contributed by atoms with van der Waals surface area (Å²) in [4.78, 5) is 2.06. The molecule has 0 amide bonds. The summed E-state index contributed by atoms with van der Waals surface area (Å²) >= 11 is 0. The third-order valence-corrected chi connectivity index (χ3v) is 2.92. The third kappa shape index (κ3) is 3.44. The molecule has 0 saturated heterocycles. The third-order valence-electron chi connectivity index (χ3n) is 2.92. The van der Waals surface area contributed by atoms with E-state index in [0.29, 0.717) is 6.54 Å². The minimum atomic E-state index is -0.282. The van der Waals surface area contributed by atoms with Crippen LogP contribution in [0.3, 0.4) is 0 Å². The SMILES string of the molecule is CCN(CC(C)C#N)c1ccc(F)cc1C(C)N. The van der Waals surface area contributed by atoms with Crippen molar-refractivity contribution < 1.29 is 4.39 Å². The molecule has 18 heavy (non-hydrogen) atoms. The van der Waals surface area contributed by atoms with Gasteiger partial charge in [-0.25, -0.2) is 4.39 Å². The molecule has 0 aliphatic heterocycles. The van der Waals surface area contributed by atoms with Crippen LogP contribution < -0.4 is 10.6 Å². The minimum Gasteiger partial charge on any atom is -0.370 e. The predicted molar refractivity (Wildman–Crippen MR) is 71.7 cm³/mol. The molecule has 2 N–H and O–H groups in total. The number of nitrogens with zero attached hydrogens (tertiary/aromatic N) is 2. The summed E-state index contributed by atoms with van der Waals surface area (Å²) < 4.78 is 13.3. The van der Waals surface area contributed by atoms with Gasteiger partial charge in [0.25, 0.3) is 0 Å². The largest absolute Gasteiger partial charge is 0.370 e. The van der Waals surface area contributed by atoms with Crippen molar-refractivity contribution in [1.82, 2.24) is 0 Å². The van der Waals surface area contributed by atoms with Gasteiger partial charge in [-0.05, 0) is 44.5 Å². The fraction of sp³-hybridized carbons (Fsp3) is 0.500. The molecule has 1 rings (SSSR count). The zero-order chi connectivity index (χ0) is 13.7. The lowest BCUT2D eigenvalue weighted by atomic mass is 10.0. The van der Waals surface area contributed by atoms with Gasteiger partial charge in [0.15, 0.2) is 0 Å². The number of nitriles is 1. The van der Waals surface area contributed by atoms with E-state index in [1.807, 2.05) is 20.8 Å². The van der Waals surface area contributed by atoms with Crippen molar-refractivity contribution in [2.45, 2.75) is 26.8 Å². The molecule has 0 aliphatic carbocycles. The van der Waals surface area contributed by atoms with Crippen molar-refractivity contribution in [3.63, 3.8) is 0 Å². The fourth-order valence-electron chi connectivity index (χ4n) is 1.95. The summed E-state index contributed by atoms with van der Waals surface area (Å²) in [7, 11) is 0. The van der Waals surface area contributed by atoms with Gasteiger partial charge in [-0.3, -0.25) is 0 Å². The molecule has 98 valence electrons. The first-order valence-electron chi connectivity index (χ1n) is 6.19. The van der Waals surface area contributed by atoms with Crippen LogP contribution in [-0.4, -0.2) is 13.1 Å². The molecule has 3 nitrogen and oxygen atoms in total. The number of nitrogens with two attached hydrogens (primary N) is 1. The quantitative estimate of drug-likeness (QED) is 0.873. The summed E-state index contributed by atoms with van der Waals surface area (Å²) in [6.07, 6.45) is 0. The standard InChI is InChI=1S/C14H20FN3/c1-4-18(9-10(2)8-16)14-6-5-12(15)7-13(14)11(3)17/h5-7,10-11H,4,9,17H2,1-3H3. The molecule has 0 radical (unpaired) electrons. The Kier molecular flexibility index (Phi) is 5.11. The topological polar surface area (TPSA) is 53.0 Å². The zero-order valence-electron chi connectivity index (χ0n) is 11.2. The van der Waals surface area contributed by atoms with Crippen LogP contribution in [0, 0.1) is 23.1 Å². The second-order valence-corrected chi connectivity index (χ2v) is 4.56. The first-order valence-corrected chi connectivity index (χ1v) is 6.19. The number of hydrogen-bond acceptors (Lipinski definition) is 3. The van der Waals surface area contributed by atoms with E-state index >= 15 is 0 Å². The van der Waals surface area contributed by atoms with Crippen LogP contribution in [0.1, 0.15) is 32.4 Å². The molecule has 0 saturated carbocycles. The van der Waals surface area contributed by atoms with Gasteiger partial charge in [0, 0.05) is 24.8 Å². The van der Waals surface area contributed by atoms with E-state index in [9.17, 15) is 4.39 Å². The zero-order valence-corrected chi connectivity index (χ0v) is 11.2. The highest BCUT2D eigenvalue weighted by Crippen LogP contribution is 2.26. The number of anilines is 1. The summed E-state index contributed by atoms with van der Waals surface area (Å²) in [6, 6.07) is 6.62. The lowest BCUT2D eigenvalue weighted by Crippen LogP contribution is -2.29. The first kappa shape index (κ1) is 14.5. The highest BCUT2D eigenvalue weighted by Gasteiger charge is 2.15. The van der Waals surface area contributed by atoms with E-state index in [-0.39, 0.29) is 17.8 Å². The minimum absolute atomic E-state index is 0.0732. The van der Waals surface area contributed by atoms with Crippen molar-refractivity contribution in [3.8, 4) is 6.07 Å². The van der Waals surface area contributed by atoms with Crippen molar-refractivity contribution >= 4 is 5.69 Å². The van der Waals surface area contributed by atoms with Crippen LogP contribution in [-0.2, 0) is 0 Å². The molecule has 1 aromatic rings. The maximum atomic E-state index is 13.3. The second-order valence-electron chi connectivity index (χ2n) is 4.56. The molecule has 0 bridgehead atoms. The maximum absolute atomic E-state index is 13.3. The van der Waals surface area contributed by atoms with Gasteiger partial charge in [0.05, 0.1) is 12.0 Å². The average Bonchev–Trinajstić information content (AvgIpc) is 2.35. The molecule has 2 unspecified atom stereocenters. The molecule has 0 fully saturated rings. The maximum Gasteiger partial charge on any atom is 0.123 e. The Morgan fingerprint density at radius 2 is 2.11 bits per heavy atom. The van der Waals surface area contributed by atoms with Crippen molar-refractivity contribution in [1.29, 1.82) is 5.26 Å². The lowest BCUT2D eigenvalue weighted by molar-refractivity contribution is 0.619. The summed E-state index contributed by atoms with van der Waals surface area (Å²) in [5.74, 6) is -0.355. The number of halogens is 1. The summed E-state index contributed by atoms with van der Waals surface area (Å²) in [6.45, 7) is 7.10. The monoisotopic (exact) mass is 249 g/mol. The normalized spacial score (nSPS) is 13.8. The molecule has 4 heteroatoms. The highest BCUT2D eigenvalue weighted by molar-refractivity contribution is 5.55. The van der Waals surface area contributed by atoms with Gasteiger partial charge in [-0.2, -0.15) is 5.26 Å². The smallest absolute Gasteiger partial charge is 0.123 e.